The van der Waals surface area contributed by atoms with Crippen LogP contribution in [0.4, 0.5) is 4.79 Å². The van der Waals surface area contributed by atoms with E-state index in [1.54, 1.807) is 0 Å². The highest BCUT2D eigenvalue weighted by atomic mass is 16.5. The quantitative estimate of drug-likeness (QED) is 0.749. The second-order valence-corrected chi connectivity index (χ2v) is 6.49. The molecule has 5 heteroatoms. The number of carbonyl (C=O) groups excluding carboxylic acids is 1. The van der Waals surface area contributed by atoms with Crippen LogP contribution in [0, 0.1) is 0 Å². The Balaban J connectivity index is 1.56. The van der Waals surface area contributed by atoms with Gasteiger partial charge in [-0.3, -0.25) is 0 Å². The fourth-order valence-corrected chi connectivity index (χ4v) is 3.38. The van der Waals surface area contributed by atoms with Crippen molar-refractivity contribution in [2.45, 2.75) is 58.0 Å². The third kappa shape index (κ3) is 6.13. The first-order valence-electron chi connectivity index (χ1n) is 9.16. The van der Waals surface area contributed by atoms with E-state index >= 15 is 0 Å². The number of hydrogen-bond donors (Lipinski definition) is 1. The van der Waals surface area contributed by atoms with E-state index < -0.39 is 0 Å². The zero-order chi connectivity index (χ0) is 15.6. The van der Waals surface area contributed by atoms with Crippen LogP contribution in [0.2, 0.25) is 0 Å². The van der Waals surface area contributed by atoms with E-state index in [1.165, 1.54) is 38.8 Å². The van der Waals surface area contributed by atoms with Crippen molar-refractivity contribution in [3.05, 3.63) is 0 Å². The summed E-state index contributed by atoms with van der Waals surface area (Å²) in [6.07, 6.45) is 8.62. The first-order chi connectivity index (χ1) is 10.8. The van der Waals surface area contributed by atoms with Gasteiger partial charge in [0.15, 0.2) is 0 Å². The summed E-state index contributed by atoms with van der Waals surface area (Å²) in [4.78, 5) is 16.6. The summed E-state index contributed by atoms with van der Waals surface area (Å²) in [5, 5.41) is 3.05. The van der Waals surface area contributed by atoms with Gasteiger partial charge in [-0.05, 0) is 71.5 Å². The number of nitrogens with zero attached hydrogens (tertiary/aromatic N) is 2. The molecule has 2 aliphatic heterocycles. The van der Waals surface area contributed by atoms with Crippen LogP contribution < -0.4 is 5.32 Å². The maximum absolute atomic E-state index is 12.2. The Labute approximate surface area is 135 Å². The van der Waals surface area contributed by atoms with Crippen molar-refractivity contribution in [1.29, 1.82) is 0 Å². The normalized spacial score (nSPS) is 22.7. The van der Waals surface area contributed by atoms with Crippen LogP contribution in [-0.2, 0) is 4.74 Å². The lowest BCUT2D eigenvalue weighted by Gasteiger charge is -2.25. The molecule has 22 heavy (non-hydrogen) atoms. The zero-order valence-corrected chi connectivity index (χ0v) is 14.2. The predicted octanol–water partition coefficient (Wildman–Crippen LogP) is 2.46. The first-order valence-corrected chi connectivity index (χ1v) is 9.16. The first kappa shape index (κ1) is 17.5. The molecule has 2 fully saturated rings. The summed E-state index contributed by atoms with van der Waals surface area (Å²) < 4.78 is 5.70. The number of urea groups is 1. The molecule has 0 radical (unpaired) electrons. The summed E-state index contributed by atoms with van der Waals surface area (Å²) in [5.41, 5.74) is 0. The van der Waals surface area contributed by atoms with Gasteiger partial charge in [-0.25, -0.2) is 4.79 Å². The monoisotopic (exact) mass is 311 g/mol. The average Bonchev–Trinajstić information content (AvgIpc) is 3.06. The summed E-state index contributed by atoms with van der Waals surface area (Å²) in [6, 6.07) is 0.0831. The molecule has 5 nitrogen and oxygen atoms in total. The third-order valence-electron chi connectivity index (χ3n) is 4.79. The number of hydrogen-bond acceptors (Lipinski definition) is 3. The summed E-state index contributed by atoms with van der Waals surface area (Å²) in [5.74, 6) is 0. The second kappa shape index (κ2) is 10.1. The van der Waals surface area contributed by atoms with Crippen LogP contribution in [0.3, 0.4) is 0 Å². The molecule has 1 atom stereocenters. The van der Waals surface area contributed by atoms with Gasteiger partial charge < -0.3 is 19.9 Å². The molecule has 0 bridgehead atoms. The van der Waals surface area contributed by atoms with E-state index in [1.807, 2.05) is 4.90 Å². The number of carbonyl (C=O) groups is 1. The van der Waals surface area contributed by atoms with Gasteiger partial charge in [-0.15, -0.1) is 0 Å². The summed E-state index contributed by atoms with van der Waals surface area (Å²) in [7, 11) is 0. The fourth-order valence-electron chi connectivity index (χ4n) is 3.38. The lowest BCUT2D eigenvalue weighted by molar-refractivity contribution is 0.0118. The standard InChI is InChI=1S/C17H33N3O2/c1-2-20(14-7-13-19-11-4-5-12-19)17(21)18-10-9-16-8-3-6-15-22-16/h16H,2-15H2,1H3,(H,18,21)/t16-/m0/s1. The largest absolute Gasteiger partial charge is 0.378 e. The molecular formula is C17H33N3O2. The minimum absolute atomic E-state index is 0.0831. The van der Waals surface area contributed by atoms with Gasteiger partial charge in [0.1, 0.15) is 0 Å². The van der Waals surface area contributed by atoms with E-state index in [0.717, 1.165) is 52.0 Å². The van der Waals surface area contributed by atoms with E-state index in [9.17, 15) is 4.79 Å². The van der Waals surface area contributed by atoms with Crippen LogP contribution >= 0.6 is 0 Å². The van der Waals surface area contributed by atoms with Gasteiger partial charge >= 0.3 is 6.03 Å². The van der Waals surface area contributed by atoms with Gasteiger partial charge in [-0.2, -0.15) is 0 Å². The number of rotatable bonds is 8. The van der Waals surface area contributed by atoms with Gasteiger partial charge in [0.2, 0.25) is 0 Å². The van der Waals surface area contributed by atoms with Gasteiger partial charge in [-0.1, -0.05) is 0 Å². The Morgan fingerprint density at radius 3 is 2.77 bits per heavy atom. The molecule has 0 aromatic heterocycles. The zero-order valence-electron chi connectivity index (χ0n) is 14.2. The Hall–Kier alpha value is -0.810. The predicted molar refractivity (Wildman–Crippen MR) is 89.1 cm³/mol. The molecule has 0 aromatic rings. The molecule has 2 aliphatic rings. The molecule has 128 valence electrons. The maximum atomic E-state index is 12.2. The van der Waals surface area contributed by atoms with Crippen LogP contribution in [0.5, 0.6) is 0 Å². The molecule has 0 spiro atoms. The second-order valence-electron chi connectivity index (χ2n) is 6.49. The Morgan fingerprint density at radius 2 is 2.09 bits per heavy atom. The summed E-state index contributed by atoms with van der Waals surface area (Å²) >= 11 is 0. The van der Waals surface area contributed by atoms with Crippen molar-refractivity contribution >= 4 is 6.03 Å². The van der Waals surface area contributed by atoms with Crippen molar-refractivity contribution in [2.24, 2.45) is 0 Å². The van der Waals surface area contributed by atoms with Crippen molar-refractivity contribution in [2.75, 3.05) is 45.9 Å². The third-order valence-corrected chi connectivity index (χ3v) is 4.79. The van der Waals surface area contributed by atoms with Gasteiger partial charge in [0, 0.05) is 26.2 Å². The highest BCUT2D eigenvalue weighted by molar-refractivity contribution is 5.74. The molecule has 2 heterocycles. The highest BCUT2D eigenvalue weighted by Crippen LogP contribution is 2.14. The number of amides is 2. The lowest BCUT2D eigenvalue weighted by Crippen LogP contribution is -2.42. The van der Waals surface area contributed by atoms with Gasteiger partial charge in [0.05, 0.1) is 6.10 Å². The van der Waals surface area contributed by atoms with Gasteiger partial charge in [0.25, 0.3) is 0 Å². The molecule has 2 rings (SSSR count). The van der Waals surface area contributed by atoms with E-state index in [-0.39, 0.29) is 6.03 Å². The van der Waals surface area contributed by atoms with Crippen molar-refractivity contribution in [3.63, 3.8) is 0 Å². The molecule has 0 unspecified atom stereocenters. The average molecular weight is 311 g/mol. The Morgan fingerprint density at radius 1 is 1.27 bits per heavy atom. The molecule has 0 aliphatic carbocycles. The minimum Gasteiger partial charge on any atom is -0.378 e. The van der Waals surface area contributed by atoms with E-state index in [2.05, 4.69) is 17.1 Å². The number of nitrogens with one attached hydrogen (secondary N) is 1. The molecule has 0 saturated carbocycles. The van der Waals surface area contributed by atoms with Crippen molar-refractivity contribution in [1.82, 2.24) is 15.1 Å². The molecular weight excluding hydrogens is 278 g/mol. The smallest absolute Gasteiger partial charge is 0.317 e. The lowest BCUT2D eigenvalue weighted by atomic mass is 10.1. The number of likely N-dealkylation sites (tertiary alicyclic amines) is 1. The minimum atomic E-state index is 0.0831. The van der Waals surface area contributed by atoms with Crippen LogP contribution in [0.1, 0.15) is 51.9 Å². The molecule has 0 aromatic carbocycles. The van der Waals surface area contributed by atoms with E-state index in [4.69, 9.17) is 4.74 Å². The van der Waals surface area contributed by atoms with E-state index in [0.29, 0.717) is 6.10 Å². The topological polar surface area (TPSA) is 44.8 Å². The van der Waals surface area contributed by atoms with Crippen LogP contribution in [-0.4, -0.2) is 67.8 Å². The Bertz CT molecular complexity index is 313. The highest BCUT2D eigenvalue weighted by Gasteiger charge is 2.16. The van der Waals surface area contributed by atoms with Crippen molar-refractivity contribution in [3.8, 4) is 0 Å². The fraction of sp³-hybridized carbons (Fsp3) is 0.941. The Kier molecular flexibility index (Phi) is 8.02. The molecule has 2 amide bonds. The van der Waals surface area contributed by atoms with Crippen molar-refractivity contribution < 1.29 is 9.53 Å². The SMILES string of the molecule is CCN(CCCN1CCCC1)C(=O)NCC[C@@H]1CCCCO1. The number of ether oxygens (including phenoxy) is 1. The van der Waals surface area contributed by atoms with Crippen LogP contribution in [0.15, 0.2) is 0 Å². The maximum Gasteiger partial charge on any atom is 0.317 e. The summed E-state index contributed by atoms with van der Waals surface area (Å²) in [6.45, 7) is 8.91. The molecule has 2 saturated heterocycles. The molecule has 1 N–H and O–H groups in total. The van der Waals surface area contributed by atoms with Crippen LogP contribution in [0.25, 0.3) is 0 Å².